The lowest BCUT2D eigenvalue weighted by Gasteiger charge is -2.21. The molecule has 0 saturated carbocycles. The molecule has 0 fully saturated rings. The van der Waals surface area contributed by atoms with E-state index in [0.717, 1.165) is 11.0 Å². The second-order valence-electron chi connectivity index (χ2n) is 4.33. The fourth-order valence-corrected chi connectivity index (χ4v) is 2.48. The first kappa shape index (κ1) is 13.8. The van der Waals surface area contributed by atoms with Crippen LogP contribution in [-0.4, -0.2) is 23.7 Å². The maximum atomic E-state index is 13.7. The van der Waals surface area contributed by atoms with Gasteiger partial charge in [0.1, 0.15) is 10.1 Å². The molecule has 1 aliphatic rings. The van der Waals surface area contributed by atoms with Crippen molar-refractivity contribution in [1.29, 1.82) is 0 Å². The number of carbonyl (C=O) groups excluding carboxylic acids is 1. The molecule has 102 valence electrons. The summed E-state index contributed by atoms with van der Waals surface area (Å²) in [6.07, 6.45) is -1.20. The van der Waals surface area contributed by atoms with E-state index in [1.807, 2.05) is 0 Å². The Morgan fingerprint density at radius 3 is 2.74 bits per heavy atom. The quantitative estimate of drug-likeness (QED) is 0.819. The number of anilines is 2. The van der Waals surface area contributed by atoms with Gasteiger partial charge in [0, 0.05) is 12.1 Å². The molecular weight excluding hydrogens is 319 g/mol. The number of rotatable bonds is 2. The van der Waals surface area contributed by atoms with Crippen LogP contribution in [0.1, 0.15) is 19.4 Å². The molecule has 1 atom stereocenters. The van der Waals surface area contributed by atoms with Gasteiger partial charge in [-0.3, -0.25) is 9.69 Å². The number of amides is 2. The first-order valence-electron chi connectivity index (χ1n) is 5.64. The number of carboxylic acid groups (broad SMARTS) is 1. The molecule has 0 aromatic heterocycles. The van der Waals surface area contributed by atoms with Crippen LogP contribution in [0.5, 0.6) is 0 Å². The van der Waals surface area contributed by atoms with Crippen molar-refractivity contribution in [3.05, 3.63) is 23.5 Å². The summed E-state index contributed by atoms with van der Waals surface area (Å²) in [5.74, 6) is -0.939. The van der Waals surface area contributed by atoms with E-state index >= 15 is 0 Å². The molecule has 7 heteroatoms. The summed E-state index contributed by atoms with van der Waals surface area (Å²) >= 11 is 3.24. The van der Waals surface area contributed by atoms with Gasteiger partial charge in [0.25, 0.3) is 0 Å². The number of nitrogens with zero attached hydrogens (tertiary/aromatic N) is 1. The highest BCUT2D eigenvalue weighted by atomic mass is 79.9. The van der Waals surface area contributed by atoms with Crippen LogP contribution in [0.2, 0.25) is 0 Å². The monoisotopic (exact) mass is 330 g/mol. The van der Waals surface area contributed by atoms with Gasteiger partial charge in [-0.2, -0.15) is 0 Å². The Labute approximate surface area is 117 Å². The highest BCUT2D eigenvalue weighted by molar-refractivity contribution is 9.10. The van der Waals surface area contributed by atoms with E-state index in [9.17, 15) is 14.0 Å². The molecule has 1 aliphatic heterocycles. The van der Waals surface area contributed by atoms with E-state index in [0.29, 0.717) is 11.3 Å². The summed E-state index contributed by atoms with van der Waals surface area (Å²) in [5, 5.41) is 11.7. The molecule has 0 bridgehead atoms. The summed E-state index contributed by atoms with van der Waals surface area (Å²) in [6, 6.07) is 2.33. The van der Waals surface area contributed by atoms with Crippen LogP contribution >= 0.6 is 15.9 Å². The van der Waals surface area contributed by atoms with Crippen LogP contribution < -0.4 is 10.2 Å². The molecule has 1 unspecified atom stereocenters. The molecule has 19 heavy (non-hydrogen) atoms. The summed E-state index contributed by atoms with van der Waals surface area (Å²) in [7, 11) is 0. The van der Waals surface area contributed by atoms with Gasteiger partial charge in [-0.05, 0) is 26.0 Å². The molecule has 0 radical (unpaired) electrons. The van der Waals surface area contributed by atoms with Crippen molar-refractivity contribution in [2.45, 2.75) is 18.2 Å². The van der Waals surface area contributed by atoms with Crippen molar-refractivity contribution in [2.24, 2.45) is 0 Å². The van der Waals surface area contributed by atoms with Gasteiger partial charge in [-0.15, -0.1) is 0 Å². The first-order chi connectivity index (χ1) is 8.78. The van der Waals surface area contributed by atoms with Gasteiger partial charge >= 0.3 is 6.09 Å². The highest BCUT2D eigenvalue weighted by Gasteiger charge is 2.43. The molecule has 0 spiro atoms. The molecule has 1 aromatic carbocycles. The lowest BCUT2D eigenvalue weighted by Crippen LogP contribution is -2.29. The Morgan fingerprint density at radius 1 is 1.58 bits per heavy atom. The molecule has 2 rings (SSSR count). The smallest absolute Gasteiger partial charge is 0.411 e. The normalized spacial score (nSPS) is 20.9. The predicted octanol–water partition coefficient (Wildman–Crippen LogP) is 2.89. The van der Waals surface area contributed by atoms with Crippen molar-refractivity contribution < 1.29 is 19.1 Å². The lowest BCUT2D eigenvalue weighted by atomic mass is 10.0. The third kappa shape index (κ3) is 2.07. The molecule has 5 nitrogen and oxygen atoms in total. The van der Waals surface area contributed by atoms with E-state index in [4.69, 9.17) is 5.11 Å². The Bertz CT molecular complexity index is 574. The number of hydrogen-bond donors (Lipinski definition) is 2. The third-order valence-corrected chi connectivity index (χ3v) is 3.88. The van der Waals surface area contributed by atoms with E-state index in [1.165, 1.54) is 6.07 Å². The van der Waals surface area contributed by atoms with Crippen LogP contribution in [0.25, 0.3) is 0 Å². The van der Waals surface area contributed by atoms with Crippen LogP contribution in [0.3, 0.4) is 0 Å². The Hall–Kier alpha value is -1.63. The molecule has 0 aliphatic carbocycles. The fraction of sp³-hybridized carbons (Fsp3) is 0.333. The van der Waals surface area contributed by atoms with Crippen LogP contribution in [0.4, 0.5) is 20.6 Å². The van der Waals surface area contributed by atoms with Crippen molar-refractivity contribution in [3.63, 3.8) is 0 Å². The molecule has 1 heterocycles. The number of benzene rings is 1. The van der Waals surface area contributed by atoms with Crippen molar-refractivity contribution in [3.8, 4) is 0 Å². The van der Waals surface area contributed by atoms with Gasteiger partial charge in [-0.25, -0.2) is 9.18 Å². The van der Waals surface area contributed by atoms with Gasteiger partial charge in [-0.1, -0.05) is 15.9 Å². The lowest BCUT2D eigenvalue weighted by molar-refractivity contribution is -0.117. The van der Waals surface area contributed by atoms with Gasteiger partial charge in [0.2, 0.25) is 5.91 Å². The van der Waals surface area contributed by atoms with Crippen LogP contribution in [-0.2, 0) is 9.12 Å². The van der Waals surface area contributed by atoms with E-state index < -0.39 is 16.2 Å². The number of nitrogens with one attached hydrogen (secondary N) is 1. The fourth-order valence-electron chi connectivity index (χ4n) is 2.07. The van der Waals surface area contributed by atoms with Crippen molar-refractivity contribution in [2.75, 3.05) is 16.8 Å². The zero-order chi connectivity index (χ0) is 14.4. The Kier molecular flexibility index (Phi) is 3.25. The van der Waals surface area contributed by atoms with Gasteiger partial charge in [0.15, 0.2) is 0 Å². The first-order valence-corrected chi connectivity index (χ1v) is 6.43. The minimum atomic E-state index is -1.20. The molecule has 1 aromatic rings. The van der Waals surface area contributed by atoms with Crippen LogP contribution in [0, 0.1) is 5.82 Å². The number of alkyl halides is 1. The minimum absolute atomic E-state index is 0.140. The summed E-state index contributed by atoms with van der Waals surface area (Å²) < 4.78 is 12.6. The van der Waals surface area contributed by atoms with Crippen molar-refractivity contribution in [1.82, 2.24) is 0 Å². The second kappa shape index (κ2) is 4.48. The standard InChI is InChI=1S/C12H12BrFN2O3/c1-3-16(11(18)19)8-5-6(14)4-7-9(8)15-10(17)12(7,2)13/h4-5H,3H2,1-2H3,(H,15,17)(H,18,19). The highest BCUT2D eigenvalue weighted by Crippen LogP contribution is 2.47. The van der Waals surface area contributed by atoms with Gasteiger partial charge < -0.3 is 10.4 Å². The van der Waals surface area contributed by atoms with Crippen molar-refractivity contribution >= 4 is 39.3 Å². The average Bonchev–Trinajstić information content (AvgIpc) is 2.52. The Morgan fingerprint density at radius 2 is 2.21 bits per heavy atom. The largest absolute Gasteiger partial charge is 0.465 e. The minimum Gasteiger partial charge on any atom is -0.465 e. The molecule has 0 saturated heterocycles. The zero-order valence-electron chi connectivity index (χ0n) is 10.3. The van der Waals surface area contributed by atoms with E-state index in [-0.39, 0.29) is 18.1 Å². The van der Waals surface area contributed by atoms with Gasteiger partial charge in [0.05, 0.1) is 11.4 Å². The third-order valence-electron chi connectivity index (χ3n) is 3.09. The summed E-state index contributed by atoms with van der Waals surface area (Å²) in [5.41, 5.74) is 0.865. The number of halogens is 2. The summed E-state index contributed by atoms with van der Waals surface area (Å²) in [6.45, 7) is 3.38. The zero-order valence-corrected chi connectivity index (χ0v) is 11.9. The molecular formula is C12H12BrFN2O3. The Balaban J connectivity index is 2.67. The topological polar surface area (TPSA) is 69.6 Å². The maximum absolute atomic E-state index is 13.7. The SMILES string of the molecule is CCN(C(=O)O)c1cc(F)cc2c1NC(=O)C2(C)Br. The average molecular weight is 331 g/mol. The second-order valence-corrected chi connectivity index (χ2v) is 5.92. The predicted molar refractivity (Wildman–Crippen MR) is 72.4 cm³/mol. The number of fused-ring (bicyclic) bond motifs is 1. The number of carbonyl (C=O) groups is 2. The molecule has 2 N–H and O–H groups in total. The van der Waals surface area contributed by atoms with Crippen LogP contribution in [0.15, 0.2) is 12.1 Å². The molecule has 2 amide bonds. The van der Waals surface area contributed by atoms with E-state index in [1.54, 1.807) is 13.8 Å². The summed E-state index contributed by atoms with van der Waals surface area (Å²) in [4.78, 5) is 24.0. The number of hydrogen-bond acceptors (Lipinski definition) is 2. The maximum Gasteiger partial charge on any atom is 0.411 e. The van der Waals surface area contributed by atoms with E-state index in [2.05, 4.69) is 21.2 Å².